The average Bonchev–Trinajstić information content (AvgIpc) is 3.03. The number of rotatable bonds is 8. The summed E-state index contributed by atoms with van der Waals surface area (Å²) in [6, 6.07) is 17.5. The Hall–Kier alpha value is -2.06. The number of hydroxylamine groups is 1. The lowest BCUT2D eigenvalue weighted by Gasteiger charge is -2.21. The summed E-state index contributed by atoms with van der Waals surface area (Å²) < 4.78 is 6.51. The van der Waals surface area contributed by atoms with E-state index in [1.807, 2.05) is 30.3 Å². The van der Waals surface area contributed by atoms with E-state index in [9.17, 15) is 10.0 Å². The Morgan fingerprint density at radius 2 is 1.76 bits per heavy atom. The molecule has 1 aliphatic heterocycles. The first-order valence-corrected chi connectivity index (χ1v) is 8.98. The standard InChI is InChI=1S/C18H21N3O3S/c22-18(12-24-17-8-2-1-3-9-17)19-13-25-21(23)14-20-10-15-6-4-5-7-16(15)11-20/h1-9,23H,10-14H2,(H,19,22). The third-order valence-electron chi connectivity index (χ3n) is 3.82. The van der Waals surface area contributed by atoms with Crippen LogP contribution in [-0.2, 0) is 17.9 Å². The third-order valence-corrected chi connectivity index (χ3v) is 4.51. The molecule has 7 heteroatoms. The summed E-state index contributed by atoms with van der Waals surface area (Å²) in [6.45, 7) is 2.02. The maximum absolute atomic E-state index is 11.7. The van der Waals surface area contributed by atoms with Gasteiger partial charge in [-0.15, -0.1) is 4.47 Å². The monoisotopic (exact) mass is 359 g/mol. The second-order valence-corrected chi connectivity index (χ2v) is 6.69. The number of hydrogen-bond donors (Lipinski definition) is 2. The summed E-state index contributed by atoms with van der Waals surface area (Å²) in [5, 5.41) is 12.7. The second kappa shape index (κ2) is 8.87. The first kappa shape index (κ1) is 17.8. The number of fused-ring (bicyclic) bond motifs is 1. The van der Waals surface area contributed by atoms with Crippen LogP contribution in [0.15, 0.2) is 54.6 Å². The van der Waals surface area contributed by atoms with E-state index in [1.165, 1.54) is 11.1 Å². The highest BCUT2D eigenvalue weighted by atomic mass is 32.2. The van der Waals surface area contributed by atoms with E-state index in [-0.39, 0.29) is 18.4 Å². The summed E-state index contributed by atoms with van der Waals surface area (Å²) in [5.41, 5.74) is 2.60. The molecular weight excluding hydrogens is 338 g/mol. The fourth-order valence-corrected chi connectivity index (χ4v) is 3.24. The summed E-state index contributed by atoms with van der Waals surface area (Å²) in [7, 11) is 0. The maximum atomic E-state index is 11.7. The van der Waals surface area contributed by atoms with Crippen molar-refractivity contribution < 1.29 is 14.7 Å². The first-order valence-electron chi connectivity index (χ1n) is 8.04. The van der Waals surface area contributed by atoms with Crippen molar-refractivity contribution in [1.82, 2.24) is 14.7 Å². The SMILES string of the molecule is O=C(COc1ccccc1)NCSN(O)CN1Cc2ccccc2C1. The molecule has 0 fully saturated rings. The summed E-state index contributed by atoms with van der Waals surface area (Å²) >= 11 is 1.15. The van der Waals surface area contributed by atoms with Crippen molar-refractivity contribution in [2.75, 3.05) is 19.2 Å². The molecule has 6 nitrogen and oxygen atoms in total. The highest BCUT2D eigenvalue weighted by Crippen LogP contribution is 2.22. The van der Waals surface area contributed by atoms with Gasteiger partial charge in [0.2, 0.25) is 0 Å². The molecule has 1 aliphatic rings. The fraction of sp³-hybridized carbons (Fsp3) is 0.278. The lowest BCUT2D eigenvalue weighted by atomic mass is 10.1. The molecule has 25 heavy (non-hydrogen) atoms. The quantitative estimate of drug-likeness (QED) is 0.429. The van der Waals surface area contributed by atoms with Crippen LogP contribution in [0.25, 0.3) is 0 Å². The number of ether oxygens (including phenoxy) is 1. The summed E-state index contributed by atoms with van der Waals surface area (Å²) in [6.07, 6.45) is 0. The van der Waals surface area contributed by atoms with Crippen molar-refractivity contribution in [3.05, 3.63) is 65.7 Å². The van der Waals surface area contributed by atoms with Crippen LogP contribution in [0.5, 0.6) is 5.75 Å². The molecule has 0 saturated carbocycles. The number of nitrogens with zero attached hydrogens (tertiary/aromatic N) is 2. The van der Waals surface area contributed by atoms with E-state index in [0.717, 1.165) is 29.5 Å². The molecule has 0 saturated heterocycles. The fourth-order valence-electron chi connectivity index (χ4n) is 2.62. The Bertz CT molecular complexity index is 674. The second-order valence-electron chi connectivity index (χ2n) is 5.72. The number of amides is 1. The number of carbonyl (C=O) groups excluding carboxylic acids is 1. The molecule has 1 heterocycles. The minimum absolute atomic E-state index is 0.0442. The zero-order valence-electron chi connectivity index (χ0n) is 13.8. The van der Waals surface area contributed by atoms with Gasteiger partial charge in [0.25, 0.3) is 5.91 Å². The minimum atomic E-state index is -0.224. The van der Waals surface area contributed by atoms with Crippen LogP contribution in [0.2, 0.25) is 0 Å². The molecule has 0 radical (unpaired) electrons. The van der Waals surface area contributed by atoms with Crippen LogP contribution < -0.4 is 10.1 Å². The van der Waals surface area contributed by atoms with E-state index in [2.05, 4.69) is 22.3 Å². The Morgan fingerprint density at radius 3 is 2.44 bits per heavy atom. The van der Waals surface area contributed by atoms with Crippen LogP contribution in [0.3, 0.4) is 0 Å². The number of benzene rings is 2. The smallest absolute Gasteiger partial charge is 0.258 e. The van der Waals surface area contributed by atoms with Gasteiger partial charge in [-0.25, -0.2) is 0 Å². The molecule has 0 aliphatic carbocycles. The Balaban J connectivity index is 1.30. The summed E-state index contributed by atoms with van der Waals surface area (Å²) in [4.78, 5) is 13.9. The summed E-state index contributed by atoms with van der Waals surface area (Å²) in [5.74, 6) is 0.717. The largest absolute Gasteiger partial charge is 0.484 e. The molecule has 0 aromatic heterocycles. The van der Waals surface area contributed by atoms with Gasteiger partial charge in [-0.3, -0.25) is 9.69 Å². The molecule has 0 spiro atoms. The molecule has 0 unspecified atom stereocenters. The van der Waals surface area contributed by atoms with E-state index in [0.29, 0.717) is 12.4 Å². The van der Waals surface area contributed by atoms with Gasteiger partial charge in [-0.05, 0) is 35.2 Å². The number of para-hydroxylation sites is 1. The molecule has 2 aromatic carbocycles. The van der Waals surface area contributed by atoms with Crippen molar-refractivity contribution in [3.8, 4) is 5.75 Å². The van der Waals surface area contributed by atoms with E-state index in [1.54, 1.807) is 12.1 Å². The lowest BCUT2D eigenvalue weighted by molar-refractivity contribution is -0.122. The van der Waals surface area contributed by atoms with E-state index >= 15 is 0 Å². The molecule has 2 N–H and O–H groups in total. The number of carbonyl (C=O) groups is 1. The Labute approximate surface area is 151 Å². The van der Waals surface area contributed by atoms with E-state index in [4.69, 9.17) is 4.74 Å². The predicted octanol–water partition coefficient (Wildman–Crippen LogP) is 2.45. The minimum Gasteiger partial charge on any atom is -0.484 e. The average molecular weight is 359 g/mol. The number of nitrogens with one attached hydrogen (secondary N) is 1. The third kappa shape index (κ3) is 5.47. The van der Waals surface area contributed by atoms with Crippen LogP contribution in [0.4, 0.5) is 0 Å². The van der Waals surface area contributed by atoms with Gasteiger partial charge in [0.1, 0.15) is 5.75 Å². The topological polar surface area (TPSA) is 65.0 Å². The van der Waals surface area contributed by atoms with E-state index < -0.39 is 0 Å². The van der Waals surface area contributed by atoms with Crippen LogP contribution in [-0.4, -0.2) is 39.6 Å². The molecule has 3 rings (SSSR count). The van der Waals surface area contributed by atoms with Gasteiger partial charge < -0.3 is 15.3 Å². The van der Waals surface area contributed by atoms with Crippen molar-refractivity contribution >= 4 is 17.9 Å². The molecular formula is C18H21N3O3S. The number of hydrogen-bond acceptors (Lipinski definition) is 6. The molecule has 0 atom stereocenters. The van der Waals surface area contributed by atoms with Crippen molar-refractivity contribution in [2.45, 2.75) is 13.1 Å². The Kier molecular flexibility index (Phi) is 6.30. The predicted molar refractivity (Wildman–Crippen MR) is 96.7 cm³/mol. The normalized spacial score (nSPS) is 13.7. The van der Waals surface area contributed by atoms with Gasteiger partial charge >= 0.3 is 0 Å². The zero-order chi connectivity index (χ0) is 17.5. The van der Waals surface area contributed by atoms with Crippen molar-refractivity contribution in [3.63, 3.8) is 0 Å². The maximum Gasteiger partial charge on any atom is 0.258 e. The molecule has 0 bridgehead atoms. The van der Waals surface area contributed by atoms with Gasteiger partial charge in [-0.2, -0.15) is 0 Å². The van der Waals surface area contributed by atoms with Gasteiger partial charge in [0.15, 0.2) is 6.61 Å². The van der Waals surface area contributed by atoms with Crippen LogP contribution in [0.1, 0.15) is 11.1 Å². The highest BCUT2D eigenvalue weighted by molar-refractivity contribution is 7.96. The van der Waals surface area contributed by atoms with Gasteiger partial charge in [0.05, 0.1) is 12.5 Å². The van der Waals surface area contributed by atoms with Crippen LogP contribution in [0, 0.1) is 0 Å². The molecule has 132 valence electrons. The first-order chi connectivity index (χ1) is 12.2. The molecule has 2 aromatic rings. The van der Waals surface area contributed by atoms with Gasteiger partial charge in [-0.1, -0.05) is 42.5 Å². The molecule has 1 amide bonds. The van der Waals surface area contributed by atoms with Crippen LogP contribution >= 0.6 is 11.9 Å². The lowest BCUT2D eigenvalue weighted by Crippen LogP contribution is -2.33. The van der Waals surface area contributed by atoms with Crippen molar-refractivity contribution in [2.24, 2.45) is 0 Å². The van der Waals surface area contributed by atoms with Crippen molar-refractivity contribution in [1.29, 1.82) is 0 Å². The Morgan fingerprint density at radius 1 is 1.12 bits per heavy atom. The van der Waals surface area contributed by atoms with Gasteiger partial charge in [0, 0.05) is 13.1 Å². The highest BCUT2D eigenvalue weighted by Gasteiger charge is 2.20. The zero-order valence-corrected chi connectivity index (χ0v) is 14.6.